The van der Waals surface area contributed by atoms with E-state index in [-0.39, 0.29) is 6.79 Å². The lowest BCUT2D eigenvalue weighted by atomic mass is 10.1. The molecule has 0 aliphatic carbocycles. The average Bonchev–Trinajstić information content (AvgIpc) is 2.86. The second-order valence-electron chi connectivity index (χ2n) is 4.39. The molecule has 5 nitrogen and oxygen atoms in total. The van der Waals surface area contributed by atoms with Gasteiger partial charge in [-0.1, -0.05) is 0 Å². The summed E-state index contributed by atoms with van der Waals surface area (Å²) in [5.74, 6) is 2.40. The lowest BCUT2D eigenvalue weighted by molar-refractivity contribution is 0.173. The summed E-state index contributed by atoms with van der Waals surface area (Å²) in [6, 6.07) is 3.88. The van der Waals surface area contributed by atoms with Crippen molar-refractivity contribution in [3.8, 4) is 17.2 Å². The van der Waals surface area contributed by atoms with Crippen LogP contribution in [-0.4, -0.2) is 34.2 Å². The van der Waals surface area contributed by atoms with Gasteiger partial charge in [0.1, 0.15) is 5.75 Å². The third kappa shape index (κ3) is 3.75. The third-order valence-electron chi connectivity index (χ3n) is 2.92. The fourth-order valence-electron chi connectivity index (χ4n) is 1.96. The highest BCUT2D eigenvalue weighted by molar-refractivity contribution is 5.51. The molecule has 0 saturated carbocycles. The number of fused-ring (bicyclic) bond motifs is 1. The van der Waals surface area contributed by atoms with Crippen molar-refractivity contribution in [2.45, 2.75) is 19.4 Å². The van der Waals surface area contributed by atoms with E-state index in [0.717, 1.165) is 48.8 Å². The predicted octanol–water partition coefficient (Wildman–Crippen LogP) is 1.94. The van der Waals surface area contributed by atoms with Crippen LogP contribution in [0.1, 0.15) is 18.4 Å². The van der Waals surface area contributed by atoms with Crippen LogP contribution < -0.4 is 19.5 Å². The minimum Gasteiger partial charge on any atom is -0.493 e. The predicted molar refractivity (Wildman–Crippen MR) is 71.9 cm³/mol. The van der Waals surface area contributed by atoms with Gasteiger partial charge in [0.15, 0.2) is 11.5 Å². The Bertz CT molecular complexity index is 409. The first kappa shape index (κ1) is 14.0. The summed E-state index contributed by atoms with van der Waals surface area (Å²) in [7, 11) is 3.62. The van der Waals surface area contributed by atoms with Gasteiger partial charge in [0.25, 0.3) is 0 Å². The van der Waals surface area contributed by atoms with E-state index in [1.165, 1.54) is 0 Å². The summed E-state index contributed by atoms with van der Waals surface area (Å²) in [4.78, 5) is 0. The standard InChI is InChI=1S/C14H21NO4/c1-15-9-11-7-13-14(19-10-18-13)8-12(11)17-6-4-3-5-16-2/h7-8,15H,3-6,9-10H2,1-2H3. The molecular weight excluding hydrogens is 246 g/mol. The van der Waals surface area contributed by atoms with E-state index in [4.69, 9.17) is 18.9 Å². The number of ether oxygens (including phenoxy) is 4. The lowest BCUT2D eigenvalue weighted by Gasteiger charge is -2.12. The highest BCUT2D eigenvalue weighted by atomic mass is 16.7. The first-order chi connectivity index (χ1) is 9.35. The van der Waals surface area contributed by atoms with Gasteiger partial charge in [-0.05, 0) is 26.0 Å². The van der Waals surface area contributed by atoms with Gasteiger partial charge in [-0.2, -0.15) is 0 Å². The minimum absolute atomic E-state index is 0.283. The van der Waals surface area contributed by atoms with Crippen molar-refractivity contribution in [2.24, 2.45) is 0 Å². The van der Waals surface area contributed by atoms with Crippen LogP contribution >= 0.6 is 0 Å². The van der Waals surface area contributed by atoms with Crippen LogP contribution in [0.5, 0.6) is 17.2 Å². The molecular formula is C14H21NO4. The second-order valence-corrected chi connectivity index (χ2v) is 4.39. The Hall–Kier alpha value is -1.46. The Morgan fingerprint density at radius 3 is 2.63 bits per heavy atom. The molecule has 0 atom stereocenters. The number of hydrogen-bond acceptors (Lipinski definition) is 5. The van der Waals surface area contributed by atoms with Crippen LogP contribution in [0.4, 0.5) is 0 Å². The zero-order valence-corrected chi connectivity index (χ0v) is 11.5. The fraction of sp³-hybridized carbons (Fsp3) is 0.571. The molecule has 0 radical (unpaired) electrons. The Labute approximate surface area is 113 Å². The summed E-state index contributed by atoms with van der Waals surface area (Å²) in [6.07, 6.45) is 1.98. The topological polar surface area (TPSA) is 49.0 Å². The molecule has 0 amide bonds. The molecule has 5 heteroatoms. The van der Waals surface area contributed by atoms with Crippen molar-refractivity contribution >= 4 is 0 Å². The molecule has 0 saturated heterocycles. The molecule has 1 heterocycles. The van der Waals surface area contributed by atoms with Crippen molar-refractivity contribution in [3.05, 3.63) is 17.7 Å². The molecule has 1 aromatic rings. The zero-order valence-electron chi connectivity index (χ0n) is 11.5. The van der Waals surface area contributed by atoms with Crippen LogP contribution in [0.15, 0.2) is 12.1 Å². The number of methoxy groups -OCH3 is 1. The summed E-state index contributed by atoms with van der Waals surface area (Å²) in [5, 5.41) is 3.13. The van der Waals surface area contributed by atoms with E-state index in [2.05, 4.69) is 5.32 Å². The quantitative estimate of drug-likeness (QED) is 0.729. The molecule has 0 fully saturated rings. The van der Waals surface area contributed by atoms with Gasteiger partial charge in [0.05, 0.1) is 6.61 Å². The van der Waals surface area contributed by atoms with E-state index >= 15 is 0 Å². The molecule has 0 aromatic heterocycles. The van der Waals surface area contributed by atoms with E-state index in [0.29, 0.717) is 6.61 Å². The lowest BCUT2D eigenvalue weighted by Crippen LogP contribution is -2.08. The average molecular weight is 267 g/mol. The largest absolute Gasteiger partial charge is 0.493 e. The van der Waals surface area contributed by atoms with Crippen molar-refractivity contribution in [1.29, 1.82) is 0 Å². The maximum absolute atomic E-state index is 5.83. The molecule has 0 unspecified atom stereocenters. The Morgan fingerprint density at radius 2 is 1.89 bits per heavy atom. The maximum atomic E-state index is 5.83. The van der Waals surface area contributed by atoms with Gasteiger partial charge < -0.3 is 24.3 Å². The molecule has 2 rings (SSSR count). The van der Waals surface area contributed by atoms with Crippen molar-refractivity contribution < 1.29 is 18.9 Å². The molecule has 106 valence electrons. The number of unbranched alkanes of at least 4 members (excludes halogenated alkanes) is 1. The summed E-state index contributed by atoms with van der Waals surface area (Å²) in [6.45, 7) is 2.48. The van der Waals surface area contributed by atoms with Crippen LogP contribution in [-0.2, 0) is 11.3 Å². The van der Waals surface area contributed by atoms with Gasteiger partial charge in [-0.3, -0.25) is 0 Å². The number of nitrogens with one attached hydrogen (secondary N) is 1. The molecule has 1 aliphatic rings. The van der Waals surface area contributed by atoms with E-state index in [1.54, 1.807) is 7.11 Å². The molecule has 0 spiro atoms. The molecule has 1 aliphatic heterocycles. The van der Waals surface area contributed by atoms with E-state index in [1.807, 2.05) is 19.2 Å². The first-order valence-corrected chi connectivity index (χ1v) is 6.54. The number of rotatable bonds is 8. The molecule has 1 N–H and O–H groups in total. The number of benzene rings is 1. The highest BCUT2D eigenvalue weighted by Gasteiger charge is 2.17. The zero-order chi connectivity index (χ0) is 13.5. The van der Waals surface area contributed by atoms with E-state index < -0.39 is 0 Å². The van der Waals surface area contributed by atoms with Gasteiger partial charge in [0.2, 0.25) is 6.79 Å². The minimum atomic E-state index is 0.283. The normalized spacial score (nSPS) is 12.7. The molecule has 0 bridgehead atoms. The third-order valence-corrected chi connectivity index (χ3v) is 2.92. The van der Waals surface area contributed by atoms with Crippen molar-refractivity contribution in [1.82, 2.24) is 5.32 Å². The molecule has 1 aromatic carbocycles. The maximum Gasteiger partial charge on any atom is 0.231 e. The van der Waals surface area contributed by atoms with Crippen molar-refractivity contribution in [2.75, 3.05) is 34.2 Å². The van der Waals surface area contributed by atoms with Crippen LogP contribution in [0.25, 0.3) is 0 Å². The molecule has 19 heavy (non-hydrogen) atoms. The summed E-state index contributed by atoms with van der Waals surface area (Å²) >= 11 is 0. The van der Waals surface area contributed by atoms with Crippen molar-refractivity contribution in [3.63, 3.8) is 0 Å². The summed E-state index contributed by atoms with van der Waals surface area (Å²) in [5.41, 5.74) is 1.08. The Kier molecular flexibility index (Phi) is 5.30. The van der Waals surface area contributed by atoms with Crippen LogP contribution in [0, 0.1) is 0 Å². The summed E-state index contributed by atoms with van der Waals surface area (Å²) < 4.78 is 21.6. The first-order valence-electron chi connectivity index (χ1n) is 6.54. The van der Waals surface area contributed by atoms with Crippen LogP contribution in [0.3, 0.4) is 0 Å². The van der Waals surface area contributed by atoms with Gasteiger partial charge >= 0.3 is 0 Å². The monoisotopic (exact) mass is 267 g/mol. The van der Waals surface area contributed by atoms with Gasteiger partial charge in [-0.15, -0.1) is 0 Å². The fourth-order valence-corrected chi connectivity index (χ4v) is 1.96. The SMILES string of the molecule is CNCc1cc2c(cc1OCCCCOC)OCO2. The van der Waals surface area contributed by atoms with Gasteiger partial charge in [-0.25, -0.2) is 0 Å². The number of hydrogen-bond donors (Lipinski definition) is 1. The Morgan fingerprint density at radius 1 is 1.16 bits per heavy atom. The van der Waals surface area contributed by atoms with Gasteiger partial charge in [0, 0.05) is 31.9 Å². The smallest absolute Gasteiger partial charge is 0.231 e. The Balaban J connectivity index is 1.97. The highest BCUT2D eigenvalue weighted by Crippen LogP contribution is 2.38. The van der Waals surface area contributed by atoms with E-state index in [9.17, 15) is 0 Å². The van der Waals surface area contributed by atoms with Crippen LogP contribution in [0.2, 0.25) is 0 Å². The second kappa shape index (κ2) is 7.21.